The standard InChI is InChI=1S/C28H37AsN2O/c1-21-25-13-9-10-14-26(25)31(20-24(32)19-30(4)5)27(21)22-15-17-28(18-16-22,29(2)3)23-11-7-6-8-12-23/h6-15,24,32H,16-20H2,1-5H3. The Kier molecular flexibility index (Phi) is 7.00. The van der Waals surface area contributed by atoms with Crippen molar-refractivity contribution in [3.63, 3.8) is 0 Å². The maximum atomic E-state index is 10.8. The van der Waals surface area contributed by atoms with E-state index in [-0.39, 0.29) is 0 Å². The van der Waals surface area contributed by atoms with E-state index in [1.165, 1.54) is 39.7 Å². The molecule has 0 fully saturated rings. The normalized spacial score (nSPS) is 20.2. The predicted octanol–water partition coefficient (Wildman–Crippen LogP) is 5.67. The summed E-state index contributed by atoms with van der Waals surface area (Å²) in [6.07, 6.45) is 5.58. The summed E-state index contributed by atoms with van der Waals surface area (Å²) in [6, 6.07) is 19.9. The number of aliphatic hydroxyl groups is 1. The van der Waals surface area contributed by atoms with Gasteiger partial charge < -0.3 is 0 Å². The summed E-state index contributed by atoms with van der Waals surface area (Å²) in [6.45, 7) is 3.55. The average Bonchev–Trinajstić information content (AvgIpc) is 3.05. The summed E-state index contributed by atoms with van der Waals surface area (Å²) < 4.78 is 2.72. The first kappa shape index (κ1) is 23.4. The van der Waals surface area contributed by atoms with Gasteiger partial charge in [0.25, 0.3) is 0 Å². The molecule has 170 valence electrons. The molecule has 3 aromatic rings. The first-order chi connectivity index (χ1) is 15.3. The Morgan fingerprint density at radius 3 is 2.38 bits per heavy atom. The molecule has 4 heteroatoms. The Balaban J connectivity index is 1.75. The summed E-state index contributed by atoms with van der Waals surface area (Å²) in [5.41, 5.74) is 11.9. The number of rotatable bonds is 7. The monoisotopic (exact) mass is 492 g/mol. The molecule has 32 heavy (non-hydrogen) atoms. The molecule has 1 N–H and O–H groups in total. The van der Waals surface area contributed by atoms with Crippen LogP contribution in [0.2, 0.25) is 11.4 Å². The molecule has 1 aliphatic rings. The van der Waals surface area contributed by atoms with Crippen LogP contribution in [0.5, 0.6) is 0 Å². The van der Waals surface area contributed by atoms with Crippen LogP contribution in [0.1, 0.15) is 36.1 Å². The van der Waals surface area contributed by atoms with Gasteiger partial charge in [0.1, 0.15) is 0 Å². The molecule has 2 aromatic carbocycles. The van der Waals surface area contributed by atoms with Gasteiger partial charge in [0.15, 0.2) is 0 Å². The predicted molar refractivity (Wildman–Crippen MR) is 139 cm³/mol. The zero-order chi connectivity index (χ0) is 22.9. The molecule has 4 rings (SSSR count). The fourth-order valence-electron chi connectivity index (χ4n) is 5.50. The maximum absolute atomic E-state index is 10.8. The summed E-state index contributed by atoms with van der Waals surface area (Å²) in [4.78, 5) is 2.06. The molecule has 1 aromatic heterocycles. The number of likely N-dealkylation sites (N-methyl/N-ethyl adjacent to an activating group) is 1. The van der Waals surface area contributed by atoms with Gasteiger partial charge in [-0.15, -0.1) is 0 Å². The summed E-state index contributed by atoms with van der Waals surface area (Å²) >= 11 is -1.00. The second-order valence-electron chi connectivity index (χ2n) is 9.74. The number of hydrogen-bond acceptors (Lipinski definition) is 2. The number of nitrogens with zero attached hydrogens (tertiary/aromatic N) is 2. The number of hydrogen-bond donors (Lipinski definition) is 1. The van der Waals surface area contributed by atoms with Crippen molar-refractivity contribution in [1.29, 1.82) is 0 Å². The van der Waals surface area contributed by atoms with Crippen molar-refractivity contribution in [2.45, 2.75) is 54.5 Å². The van der Waals surface area contributed by atoms with E-state index in [9.17, 15) is 5.11 Å². The number of allylic oxidation sites excluding steroid dienone is 2. The summed E-state index contributed by atoms with van der Waals surface area (Å²) in [7, 11) is 4.04. The fourth-order valence-corrected chi connectivity index (χ4v) is 9.02. The third kappa shape index (κ3) is 4.36. The van der Waals surface area contributed by atoms with Crippen molar-refractivity contribution in [1.82, 2.24) is 9.47 Å². The molecular formula is C28H37AsN2O. The van der Waals surface area contributed by atoms with E-state index in [1.54, 1.807) is 0 Å². The van der Waals surface area contributed by atoms with Crippen LogP contribution >= 0.6 is 0 Å². The van der Waals surface area contributed by atoms with Crippen molar-refractivity contribution in [2.24, 2.45) is 0 Å². The van der Waals surface area contributed by atoms with Crippen LogP contribution in [0.3, 0.4) is 0 Å². The Morgan fingerprint density at radius 1 is 1.06 bits per heavy atom. The van der Waals surface area contributed by atoms with Crippen molar-refractivity contribution in [2.75, 3.05) is 20.6 Å². The Labute approximate surface area is 198 Å². The molecule has 1 heterocycles. The van der Waals surface area contributed by atoms with Crippen LogP contribution < -0.4 is 0 Å². The van der Waals surface area contributed by atoms with E-state index < -0.39 is 20.8 Å². The van der Waals surface area contributed by atoms with Crippen molar-refractivity contribution in [3.05, 3.63) is 77.5 Å². The van der Waals surface area contributed by atoms with Crippen molar-refractivity contribution in [3.8, 4) is 0 Å². The zero-order valence-electron chi connectivity index (χ0n) is 20.2. The average molecular weight is 493 g/mol. The van der Waals surface area contributed by atoms with E-state index in [0.29, 0.717) is 17.3 Å². The molecule has 0 aliphatic heterocycles. The second kappa shape index (κ2) is 9.59. The first-order valence-corrected chi connectivity index (χ1v) is 16.4. The molecule has 0 bridgehead atoms. The van der Waals surface area contributed by atoms with Gasteiger partial charge >= 0.3 is 198 Å². The van der Waals surface area contributed by atoms with E-state index in [1.807, 2.05) is 14.1 Å². The summed E-state index contributed by atoms with van der Waals surface area (Å²) in [5.74, 6) is 0. The van der Waals surface area contributed by atoms with Gasteiger partial charge in [-0.3, -0.25) is 0 Å². The van der Waals surface area contributed by atoms with Gasteiger partial charge in [0, 0.05) is 0 Å². The van der Waals surface area contributed by atoms with Crippen LogP contribution in [0.25, 0.3) is 16.5 Å². The third-order valence-electron chi connectivity index (χ3n) is 7.16. The second-order valence-corrected chi connectivity index (χ2v) is 15.3. The van der Waals surface area contributed by atoms with Gasteiger partial charge in [-0.25, -0.2) is 0 Å². The quantitative estimate of drug-likeness (QED) is 0.431. The molecule has 2 unspecified atom stereocenters. The van der Waals surface area contributed by atoms with Gasteiger partial charge in [0.2, 0.25) is 0 Å². The number of aromatic nitrogens is 1. The van der Waals surface area contributed by atoms with E-state index >= 15 is 0 Å². The molecule has 0 spiro atoms. The first-order valence-electron chi connectivity index (χ1n) is 11.7. The van der Waals surface area contributed by atoms with Crippen LogP contribution in [-0.2, 0) is 10.7 Å². The van der Waals surface area contributed by atoms with Crippen molar-refractivity contribution < 1.29 is 5.11 Å². The summed E-state index contributed by atoms with van der Waals surface area (Å²) in [5, 5.41) is 12.1. The molecule has 2 atom stereocenters. The number of aryl methyl sites for hydroxylation is 1. The van der Waals surface area contributed by atoms with Gasteiger partial charge in [-0.05, 0) is 0 Å². The minimum absolute atomic E-state index is 0.340. The third-order valence-corrected chi connectivity index (χ3v) is 12.1. The molecule has 0 amide bonds. The Bertz CT molecular complexity index is 1100. The SMILES string of the molecule is Cc1c(C2=CCC(c3ccccc3)([As](C)C)CC2)n(CC(O)CN(C)C)c2ccccc12. The number of fused-ring (bicyclic) bond motifs is 1. The number of aliphatic hydroxyl groups excluding tert-OH is 1. The van der Waals surface area contributed by atoms with Crippen LogP contribution in [0.4, 0.5) is 0 Å². The fraction of sp³-hybridized carbons (Fsp3) is 0.429. The van der Waals surface area contributed by atoms with Gasteiger partial charge in [-0.1, -0.05) is 0 Å². The van der Waals surface area contributed by atoms with Crippen LogP contribution in [-0.4, -0.2) is 56.0 Å². The topological polar surface area (TPSA) is 28.4 Å². The number of para-hydroxylation sites is 1. The zero-order valence-corrected chi connectivity index (χ0v) is 22.1. The van der Waals surface area contributed by atoms with Gasteiger partial charge in [0.05, 0.1) is 0 Å². The van der Waals surface area contributed by atoms with Gasteiger partial charge in [-0.2, -0.15) is 0 Å². The Hall–Kier alpha value is -1.80. The molecule has 0 saturated heterocycles. The minimum atomic E-state index is -1.00. The number of benzene rings is 2. The van der Waals surface area contributed by atoms with Crippen LogP contribution in [0.15, 0.2) is 60.7 Å². The van der Waals surface area contributed by atoms with E-state index in [0.717, 1.165) is 12.8 Å². The van der Waals surface area contributed by atoms with Crippen LogP contribution in [0, 0.1) is 6.92 Å². The van der Waals surface area contributed by atoms with Crippen molar-refractivity contribution >= 4 is 31.1 Å². The van der Waals surface area contributed by atoms with E-state index in [4.69, 9.17) is 0 Å². The molecule has 0 radical (unpaired) electrons. The molecule has 1 aliphatic carbocycles. The van der Waals surface area contributed by atoms with E-state index in [2.05, 4.69) is 88.5 Å². The Morgan fingerprint density at radius 2 is 1.75 bits per heavy atom. The molecule has 3 nitrogen and oxygen atoms in total. The molecule has 0 saturated carbocycles. The molecular weight excluding hydrogens is 455 g/mol.